The zero-order valence-electron chi connectivity index (χ0n) is 19.0. The molecular weight excluding hydrogens is 486 g/mol. The second-order valence-corrected chi connectivity index (χ2v) is 11.4. The minimum atomic E-state index is -3.93. The van der Waals surface area contributed by atoms with Crippen LogP contribution in [0.25, 0.3) is 21.8 Å². The zero-order chi connectivity index (χ0) is 24.7. The number of piperazine rings is 1. The molecule has 0 spiro atoms. The molecule has 0 aliphatic carbocycles. The van der Waals surface area contributed by atoms with E-state index in [0.29, 0.717) is 5.69 Å². The van der Waals surface area contributed by atoms with Gasteiger partial charge in [-0.1, -0.05) is 24.3 Å². The monoisotopic (exact) mass is 510 g/mol. The van der Waals surface area contributed by atoms with Crippen molar-refractivity contribution in [1.29, 1.82) is 0 Å². The van der Waals surface area contributed by atoms with E-state index in [-0.39, 0.29) is 23.8 Å². The van der Waals surface area contributed by atoms with Gasteiger partial charge < -0.3 is 14.8 Å². The first kappa shape index (κ1) is 23.3. The van der Waals surface area contributed by atoms with Crippen LogP contribution in [0.2, 0.25) is 0 Å². The Morgan fingerprint density at radius 3 is 2.54 bits per heavy atom. The number of benzene rings is 2. The molecule has 1 saturated heterocycles. The summed E-state index contributed by atoms with van der Waals surface area (Å²) < 4.78 is 30.0. The number of hydrogen-bond donors (Lipinski definition) is 1. The van der Waals surface area contributed by atoms with Crippen LogP contribution in [-0.2, 0) is 21.4 Å². The maximum Gasteiger partial charge on any atom is 0.336 e. The number of thiophene rings is 1. The molecule has 1 aliphatic heterocycles. The van der Waals surface area contributed by atoms with Gasteiger partial charge in [-0.3, -0.25) is 4.79 Å². The van der Waals surface area contributed by atoms with Crippen LogP contribution in [0, 0.1) is 0 Å². The number of carbonyl (C=O) groups is 2. The van der Waals surface area contributed by atoms with Gasteiger partial charge in [0.1, 0.15) is 10.3 Å². The van der Waals surface area contributed by atoms with Crippen molar-refractivity contribution < 1.29 is 18.0 Å². The first-order valence-electron chi connectivity index (χ1n) is 11.2. The molecule has 4 aromatic rings. The molecule has 3 heterocycles. The molecule has 0 bridgehead atoms. The van der Waals surface area contributed by atoms with Crippen molar-refractivity contribution in [2.45, 2.75) is 23.7 Å². The molecule has 2 aromatic heterocycles. The maximum absolute atomic E-state index is 13.4. The van der Waals surface area contributed by atoms with Gasteiger partial charge in [0.2, 0.25) is 5.91 Å². The largest absolute Gasteiger partial charge is 0.341 e. The van der Waals surface area contributed by atoms with Crippen molar-refractivity contribution >= 4 is 60.8 Å². The topological polar surface area (TPSA) is 116 Å². The molecule has 35 heavy (non-hydrogen) atoms. The molecule has 1 unspecified atom stereocenters. The molecule has 1 atom stereocenters. The number of rotatable bonds is 5. The van der Waals surface area contributed by atoms with E-state index in [1.165, 1.54) is 11.0 Å². The summed E-state index contributed by atoms with van der Waals surface area (Å²) in [5, 5.41) is 6.56. The lowest BCUT2D eigenvalue weighted by atomic mass is 10.1. The first-order chi connectivity index (χ1) is 16.8. The summed E-state index contributed by atoms with van der Waals surface area (Å²) in [7, 11) is -3.93. The van der Waals surface area contributed by atoms with Crippen molar-refractivity contribution in [3.63, 3.8) is 0 Å². The highest BCUT2D eigenvalue weighted by atomic mass is 32.2. The highest BCUT2D eigenvalue weighted by Gasteiger charge is 2.41. The average Bonchev–Trinajstić information content (AvgIpc) is 3.50. The summed E-state index contributed by atoms with van der Waals surface area (Å²) in [5.41, 5.74) is 10.1. The van der Waals surface area contributed by atoms with Crippen LogP contribution < -0.4 is 11.1 Å². The Kier molecular flexibility index (Phi) is 5.99. The number of nitrogens with zero attached hydrogens (tertiary/aromatic N) is 3. The number of fused-ring (bicyclic) bond motifs is 3. The number of urea groups is 1. The third-order valence-corrected chi connectivity index (χ3v) is 9.62. The van der Waals surface area contributed by atoms with Gasteiger partial charge in [0.25, 0.3) is 10.0 Å². The van der Waals surface area contributed by atoms with E-state index in [9.17, 15) is 18.0 Å². The fourth-order valence-electron chi connectivity index (χ4n) is 4.68. The smallest absolute Gasteiger partial charge is 0.336 e. The molecule has 11 heteroatoms. The number of nitrogens with one attached hydrogen (secondary N) is 2. The molecule has 0 saturated carbocycles. The molecule has 181 valence electrons. The van der Waals surface area contributed by atoms with Gasteiger partial charge in [0, 0.05) is 53.7 Å². The van der Waals surface area contributed by atoms with Crippen LogP contribution >= 0.6 is 11.3 Å². The Morgan fingerprint density at radius 2 is 1.83 bits per heavy atom. The summed E-state index contributed by atoms with van der Waals surface area (Å²) in [4.78, 5) is 26.3. The van der Waals surface area contributed by atoms with Gasteiger partial charge in [-0.25, -0.2) is 18.9 Å². The lowest BCUT2D eigenvalue weighted by Crippen LogP contribution is -2.60. The molecule has 3 amide bonds. The number of sulfonamides is 1. The molecular formula is C24H24N5O4S2. The van der Waals surface area contributed by atoms with Crippen molar-refractivity contribution in [3.05, 3.63) is 60.0 Å². The summed E-state index contributed by atoms with van der Waals surface area (Å²) in [5.74, 6) is -0.547. The number of aryl methyl sites for hydroxylation is 1. The Morgan fingerprint density at radius 1 is 1.06 bits per heavy atom. The van der Waals surface area contributed by atoms with E-state index in [4.69, 9.17) is 5.73 Å². The van der Waals surface area contributed by atoms with Crippen LogP contribution in [0.5, 0.6) is 0 Å². The van der Waals surface area contributed by atoms with Gasteiger partial charge in [-0.05, 0) is 42.6 Å². The second-order valence-electron chi connectivity index (χ2n) is 8.30. The molecule has 5 rings (SSSR count). The van der Waals surface area contributed by atoms with E-state index in [1.54, 1.807) is 17.5 Å². The van der Waals surface area contributed by atoms with Crippen LogP contribution in [0.3, 0.4) is 0 Å². The highest BCUT2D eigenvalue weighted by Crippen LogP contribution is 2.31. The van der Waals surface area contributed by atoms with Gasteiger partial charge in [-0.15, -0.1) is 11.3 Å². The molecule has 2 aromatic carbocycles. The lowest BCUT2D eigenvalue weighted by molar-refractivity contribution is -0.121. The van der Waals surface area contributed by atoms with Crippen LogP contribution in [0.15, 0.2) is 64.2 Å². The summed E-state index contributed by atoms with van der Waals surface area (Å²) in [6, 6.07) is 14.7. The second kappa shape index (κ2) is 8.99. The Hall–Kier alpha value is -3.41. The minimum absolute atomic E-state index is 0.0548. The lowest BCUT2D eigenvalue weighted by Gasteiger charge is -2.38. The zero-order valence-corrected chi connectivity index (χ0v) is 20.6. The van der Waals surface area contributed by atoms with E-state index < -0.39 is 28.0 Å². The molecule has 2 N–H and O–H groups in total. The summed E-state index contributed by atoms with van der Waals surface area (Å²) in [6.07, 6.45) is 0. The molecule has 1 fully saturated rings. The van der Waals surface area contributed by atoms with E-state index in [0.717, 1.165) is 44.0 Å². The number of hydrogen-bond acceptors (Lipinski definition) is 5. The summed E-state index contributed by atoms with van der Waals surface area (Å²) >= 11 is 1.07. The number of amides is 3. The van der Waals surface area contributed by atoms with Gasteiger partial charge >= 0.3 is 6.03 Å². The normalized spacial score (nSPS) is 17.2. The van der Waals surface area contributed by atoms with Crippen molar-refractivity contribution in [3.8, 4) is 0 Å². The fourth-order valence-corrected chi connectivity index (χ4v) is 7.37. The number of carbonyl (C=O) groups excluding carboxylic acids is 2. The van der Waals surface area contributed by atoms with Crippen LogP contribution in [-0.4, -0.2) is 59.8 Å². The Labute approximate surface area is 206 Å². The average molecular weight is 511 g/mol. The van der Waals surface area contributed by atoms with Crippen LogP contribution in [0.4, 0.5) is 10.5 Å². The van der Waals surface area contributed by atoms with Gasteiger partial charge in [0.15, 0.2) is 0 Å². The number of para-hydroxylation sites is 1. The fraction of sp³-hybridized carbons (Fsp3) is 0.250. The van der Waals surface area contributed by atoms with Gasteiger partial charge in [-0.2, -0.15) is 4.31 Å². The first-order valence-corrected chi connectivity index (χ1v) is 13.5. The predicted molar refractivity (Wildman–Crippen MR) is 136 cm³/mol. The minimum Gasteiger partial charge on any atom is -0.341 e. The van der Waals surface area contributed by atoms with Crippen molar-refractivity contribution in [2.75, 3.05) is 25.0 Å². The molecule has 1 aliphatic rings. The van der Waals surface area contributed by atoms with Crippen molar-refractivity contribution in [1.82, 2.24) is 19.5 Å². The van der Waals surface area contributed by atoms with Crippen molar-refractivity contribution in [2.24, 2.45) is 0 Å². The third kappa shape index (κ3) is 4.05. The molecule has 9 nitrogen and oxygen atoms in total. The quantitative estimate of drug-likeness (QED) is 0.442. The summed E-state index contributed by atoms with van der Waals surface area (Å²) in [6.45, 7) is 2.68. The molecule has 1 radical (unpaired) electrons. The number of aromatic nitrogens is 1. The third-order valence-electron chi connectivity index (χ3n) is 6.34. The Balaban J connectivity index is 1.49. The Bertz CT molecular complexity index is 1530. The van der Waals surface area contributed by atoms with E-state index in [1.807, 2.05) is 30.3 Å². The highest BCUT2D eigenvalue weighted by molar-refractivity contribution is 7.91. The number of anilines is 1. The van der Waals surface area contributed by atoms with E-state index in [2.05, 4.69) is 22.9 Å². The van der Waals surface area contributed by atoms with Gasteiger partial charge in [0.05, 0.1) is 0 Å². The maximum atomic E-state index is 13.4. The predicted octanol–water partition coefficient (Wildman–Crippen LogP) is 3.59. The van der Waals surface area contributed by atoms with E-state index >= 15 is 0 Å². The van der Waals surface area contributed by atoms with Crippen LogP contribution in [0.1, 0.15) is 6.92 Å². The standard InChI is InChI=1S/C24H24N5O4S2/c1-2-28-19-7-4-3-6-17(19)18-14-16(9-10-20(18)28)26-23(30)21-15-27(24(25)31)11-12-29(21)35(32,33)22-8-5-13-34-22/h3-10,13-14,21,25H,2,11-12,15H2,1H3,(H,26,30). The SMILES string of the molecule is CCn1c2ccccc2c2cc(NC(=O)C3CN(C([NH])=O)CCN3S(=O)(=O)c3cccs3)ccc21.